The van der Waals surface area contributed by atoms with E-state index in [9.17, 15) is 14.4 Å². The van der Waals surface area contributed by atoms with E-state index in [1.807, 2.05) is 103 Å². The number of oxazole rings is 1. The Kier molecular flexibility index (Phi) is 11.5. The quantitative estimate of drug-likeness (QED) is 0.165. The van der Waals surface area contributed by atoms with Gasteiger partial charge in [0.15, 0.2) is 17.9 Å². The number of hydrogen-bond donors (Lipinski definition) is 0. The number of amides is 2. The fraction of sp³-hybridized carbons (Fsp3) is 0.0980. The summed E-state index contributed by atoms with van der Waals surface area (Å²) >= 11 is 12.4. The van der Waals surface area contributed by atoms with E-state index in [0.717, 1.165) is 78.3 Å². The number of anilines is 2. The summed E-state index contributed by atoms with van der Waals surface area (Å²) in [4.78, 5) is 44.6. The van der Waals surface area contributed by atoms with Gasteiger partial charge < -0.3 is 14.2 Å². The normalized spacial score (nSPS) is 13.7. The zero-order valence-electron chi connectivity index (χ0n) is 33.2. The fourth-order valence-electron chi connectivity index (χ4n) is 7.73. The van der Waals surface area contributed by atoms with Gasteiger partial charge in [-0.3, -0.25) is 14.4 Å². The van der Waals surface area contributed by atoms with E-state index in [-0.39, 0.29) is 17.6 Å². The van der Waals surface area contributed by atoms with Crippen molar-refractivity contribution in [1.82, 2.24) is 4.98 Å². The van der Waals surface area contributed by atoms with Gasteiger partial charge in [0.05, 0.1) is 30.7 Å². The lowest BCUT2D eigenvalue weighted by molar-refractivity contribution is -0.117. The number of nitrogens with zero attached hydrogens (tertiary/aromatic N) is 3. The van der Waals surface area contributed by atoms with Gasteiger partial charge in [-0.2, -0.15) is 0 Å². The van der Waals surface area contributed by atoms with E-state index in [1.54, 1.807) is 42.8 Å². The predicted molar refractivity (Wildman–Crippen MR) is 244 cm³/mol. The maximum Gasteiger partial charge on any atom is 0.224 e. The third-order valence-electron chi connectivity index (χ3n) is 10.7. The largest absolute Gasteiger partial charge is 0.443 e. The number of hydrogen-bond acceptors (Lipinski definition) is 5. The minimum absolute atomic E-state index is 0.0164. The van der Waals surface area contributed by atoms with Crippen LogP contribution in [0.4, 0.5) is 11.4 Å². The summed E-state index contributed by atoms with van der Waals surface area (Å²) in [6, 6.07) is 39.3. The average Bonchev–Trinajstić information content (AvgIpc) is 3.78. The summed E-state index contributed by atoms with van der Waals surface area (Å²) in [5, 5.41) is 1.28. The third-order valence-corrected chi connectivity index (χ3v) is 11.2. The molecule has 9 rings (SSSR count). The standard InChI is InChI=1S/C26H19ClN2O2.C25H20ClNO2/c1-17(30)29-15-21-12-19(23-4-2-3-5-24(23)26-14-28-16-31-26)8-6-18(21)7-9-20-13-22(27)10-11-25(20)29;1-16(28)23-5-3-4-6-24(23)19-9-7-18-8-10-20-14-22(26)11-12-25(20)27(17(2)29)15-21(18)13-19/h2-14,16H,15H2,1H3;3-14H,15H2,1-2H3/b9-7-;10-8-. The van der Waals surface area contributed by atoms with Gasteiger partial charge in [0, 0.05) is 35.0 Å². The molecule has 0 aliphatic carbocycles. The number of carbonyl (C=O) groups is 3. The lowest BCUT2D eigenvalue weighted by atomic mass is 9.93. The van der Waals surface area contributed by atoms with Crippen molar-refractivity contribution in [2.75, 3.05) is 9.80 Å². The Labute approximate surface area is 358 Å². The molecule has 0 atom stereocenters. The molecule has 6 aromatic carbocycles. The van der Waals surface area contributed by atoms with E-state index in [0.29, 0.717) is 28.7 Å². The second-order valence-electron chi connectivity index (χ2n) is 14.6. The number of Topliss-reactive ketones (excluding diaryl/α,β-unsaturated/α-hetero) is 1. The molecular formula is C51H39Cl2N3O4. The molecule has 0 fully saturated rings. The van der Waals surface area contributed by atoms with Crippen molar-refractivity contribution in [3.63, 3.8) is 0 Å². The van der Waals surface area contributed by atoms with Gasteiger partial charge in [-0.15, -0.1) is 0 Å². The molecule has 0 saturated heterocycles. The van der Waals surface area contributed by atoms with Crippen LogP contribution in [0.3, 0.4) is 0 Å². The lowest BCUT2D eigenvalue weighted by Gasteiger charge is -2.26. The maximum atomic E-state index is 12.5. The third kappa shape index (κ3) is 8.36. The van der Waals surface area contributed by atoms with Gasteiger partial charge in [-0.05, 0) is 111 Å². The molecule has 9 heteroatoms. The van der Waals surface area contributed by atoms with E-state index >= 15 is 0 Å². The maximum absolute atomic E-state index is 12.5. The zero-order valence-corrected chi connectivity index (χ0v) is 34.7. The van der Waals surface area contributed by atoms with Gasteiger partial charge in [0.25, 0.3) is 0 Å². The first kappa shape index (κ1) is 40.0. The Bertz CT molecular complexity index is 2860. The Morgan fingerprint density at radius 1 is 0.550 bits per heavy atom. The van der Waals surface area contributed by atoms with Gasteiger partial charge in [0.2, 0.25) is 11.8 Å². The van der Waals surface area contributed by atoms with Gasteiger partial charge in [-0.1, -0.05) is 120 Å². The van der Waals surface area contributed by atoms with Crippen LogP contribution in [0, 0.1) is 0 Å². The summed E-state index contributed by atoms with van der Waals surface area (Å²) < 4.78 is 5.54. The molecule has 0 saturated carbocycles. The SMILES string of the molecule is CC(=O)N1Cc2cc(-c3ccccc3-c3cnco3)ccc2/C=C\c2cc(Cl)ccc21.CC(=O)c1ccccc1-c1ccc2c(c1)CN(C(C)=O)c1ccc(Cl)cc1/C=C\2. The van der Waals surface area contributed by atoms with E-state index in [4.69, 9.17) is 27.6 Å². The van der Waals surface area contributed by atoms with E-state index < -0.39 is 0 Å². The van der Waals surface area contributed by atoms with Crippen molar-refractivity contribution < 1.29 is 18.8 Å². The molecule has 2 amide bonds. The molecule has 0 spiro atoms. The minimum atomic E-state index is -0.0376. The van der Waals surface area contributed by atoms with Crippen molar-refractivity contribution in [1.29, 1.82) is 0 Å². The van der Waals surface area contributed by atoms with Crippen molar-refractivity contribution in [3.05, 3.63) is 183 Å². The number of benzene rings is 6. The topological polar surface area (TPSA) is 83.7 Å². The number of ketones is 1. The Morgan fingerprint density at radius 3 is 1.53 bits per heavy atom. The van der Waals surface area contributed by atoms with Gasteiger partial charge >= 0.3 is 0 Å². The molecule has 7 nitrogen and oxygen atoms in total. The summed E-state index contributed by atoms with van der Waals surface area (Å²) in [6.07, 6.45) is 11.3. The highest BCUT2D eigenvalue weighted by atomic mass is 35.5. The fourth-order valence-corrected chi connectivity index (χ4v) is 8.09. The first-order chi connectivity index (χ1) is 29.0. The van der Waals surface area contributed by atoms with Gasteiger partial charge in [-0.25, -0.2) is 4.98 Å². The van der Waals surface area contributed by atoms with E-state index in [1.165, 1.54) is 6.39 Å². The van der Waals surface area contributed by atoms with Gasteiger partial charge in [0.1, 0.15) is 0 Å². The number of halogens is 2. The minimum Gasteiger partial charge on any atom is -0.443 e. The molecule has 1 aromatic heterocycles. The lowest BCUT2D eigenvalue weighted by Crippen LogP contribution is -2.29. The first-order valence-corrected chi connectivity index (χ1v) is 20.2. The number of carbonyl (C=O) groups excluding carboxylic acids is 3. The second kappa shape index (κ2) is 17.2. The molecule has 2 aliphatic rings. The van der Waals surface area contributed by atoms with Crippen LogP contribution in [-0.4, -0.2) is 22.6 Å². The van der Waals surface area contributed by atoms with Crippen molar-refractivity contribution >= 4 is 76.5 Å². The molecule has 0 radical (unpaired) electrons. The smallest absolute Gasteiger partial charge is 0.224 e. The molecule has 60 heavy (non-hydrogen) atoms. The number of rotatable bonds is 4. The van der Waals surface area contributed by atoms with Crippen LogP contribution in [-0.2, 0) is 22.7 Å². The summed E-state index contributed by atoms with van der Waals surface area (Å²) in [5.41, 5.74) is 13.3. The summed E-state index contributed by atoms with van der Waals surface area (Å²) in [5.74, 6) is 0.698. The highest BCUT2D eigenvalue weighted by Crippen LogP contribution is 2.37. The monoisotopic (exact) mass is 827 g/mol. The van der Waals surface area contributed by atoms with Crippen LogP contribution < -0.4 is 9.80 Å². The summed E-state index contributed by atoms with van der Waals surface area (Å²) in [7, 11) is 0. The van der Waals surface area contributed by atoms with Crippen LogP contribution in [0.2, 0.25) is 10.0 Å². The van der Waals surface area contributed by atoms with Crippen LogP contribution in [0.15, 0.2) is 138 Å². The zero-order chi connectivity index (χ0) is 41.9. The summed E-state index contributed by atoms with van der Waals surface area (Å²) in [6.45, 7) is 5.65. The van der Waals surface area contributed by atoms with Crippen LogP contribution >= 0.6 is 23.2 Å². The number of aromatic nitrogens is 1. The van der Waals surface area contributed by atoms with Crippen LogP contribution in [0.25, 0.3) is 57.9 Å². The van der Waals surface area contributed by atoms with Crippen molar-refractivity contribution in [2.45, 2.75) is 33.9 Å². The highest BCUT2D eigenvalue weighted by molar-refractivity contribution is 6.31. The second-order valence-corrected chi connectivity index (χ2v) is 15.5. The Hall–Kier alpha value is -6.80. The molecule has 296 valence electrons. The predicted octanol–water partition coefficient (Wildman–Crippen LogP) is 12.9. The van der Waals surface area contributed by atoms with Crippen molar-refractivity contribution in [2.24, 2.45) is 0 Å². The molecule has 0 N–H and O–H groups in total. The Balaban J connectivity index is 0.000000167. The molecule has 0 unspecified atom stereocenters. The highest BCUT2D eigenvalue weighted by Gasteiger charge is 2.22. The van der Waals surface area contributed by atoms with Crippen LogP contribution in [0.1, 0.15) is 64.5 Å². The average molecular weight is 829 g/mol. The Morgan fingerprint density at radius 2 is 1.03 bits per heavy atom. The molecule has 7 aromatic rings. The molecule has 3 heterocycles. The molecule has 2 aliphatic heterocycles. The first-order valence-electron chi connectivity index (χ1n) is 19.4. The number of fused-ring (bicyclic) bond motifs is 4. The molecule has 0 bridgehead atoms. The van der Waals surface area contributed by atoms with E-state index in [2.05, 4.69) is 41.4 Å². The van der Waals surface area contributed by atoms with Crippen molar-refractivity contribution in [3.8, 4) is 33.6 Å². The van der Waals surface area contributed by atoms with Crippen LogP contribution in [0.5, 0.6) is 0 Å². The molecular weight excluding hydrogens is 789 g/mol.